The van der Waals surface area contributed by atoms with Gasteiger partial charge in [-0.1, -0.05) is 24.9 Å². The molecule has 1 fully saturated rings. The third-order valence-electron chi connectivity index (χ3n) is 3.89. The number of halogens is 1. The molecular formula is C12H20ClN3. The van der Waals surface area contributed by atoms with Crippen LogP contribution in [0.15, 0.2) is 0 Å². The molecular weight excluding hydrogens is 222 g/mol. The summed E-state index contributed by atoms with van der Waals surface area (Å²) >= 11 is 6.35. The molecule has 0 aliphatic heterocycles. The molecule has 0 unspecified atom stereocenters. The Morgan fingerprint density at radius 1 is 1.50 bits per heavy atom. The summed E-state index contributed by atoms with van der Waals surface area (Å²) in [6, 6.07) is 0. The van der Waals surface area contributed by atoms with E-state index in [0.717, 1.165) is 35.8 Å². The standard InChI is InChI=1S/C12H20ClN3/c1-3-9-11(13)10(16(2)15-9)7-12(8-14)5-4-6-12/h3-8,14H2,1-2H3. The van der Waals surface area contributed by atoms with Gasteiger partial charge in [-0.15, -0.1) is 0 Å². The maximum absolute atomic E-state index is 6.35. The van der Waals surface area contributed by atoms with Crippen molar-refractivity contribution < 1.29 is 0 Å². The zero-order valence-corrected chi connectivity index (χ0v) is 10.8. The maximum Gasteiger partial charge on any atom is 0.0849 e. The summed E-state index contributed by atoms with van der Waals surface area (Å²) in [5, 5.41) is 5.30. The van der Waals surface area contributed by atoms with Crippen molar-refractivity contribution in [2.45, 2.75) is 39.0 Å². The molecule has 0 atom stereocenters. The Kier molecular flexibility index (Phi) is 3.27. The second-order valence-electron chi connectivity index (χ2n) is 4.92. The zero-order chi connectivity index (χ0) is 11.8. The van der Waals surface area contributed by atoms with Gasteiger partial charge in [0.2, 0.25) is 0 Å². The largest absolute Gasteiger partial charge is 0.330 e. The van der Waals surface area contributed by atoms with Crippen LogP contribution in [0.4, 0.5) is 0 Å². The summed E-state index contributed by atoms with van der Waals surface area (Å²) < 4.78 is 1.93. The predicted octanol–water partition coefficient (Wildman–Crippen LogP) is 2.31. The van der Waals surface area contributed by atoms with E-state index in [-0.39, 0.29) is 0 Å². The number of hydrogen-bond donors (Lipinski definition) is 1. The molecule has 0 spiro atoms. The van der Waals surface area contributed by atoms with Crippen LogP contribution in [0.3, 0.4) is 0 Å². The Morgan fingerprint density at radius 2 is 2.19 bits per heavy atom. The van der Waals surface area contributed by atoms with Gasteiger partial charge in [-0.25, -0.2) is 0 Å². The van der Waals surface area contributed by atoms with E-state index in [2.05, 4.69) is 12.0 Å². The van der Waals surface area contributed by atoms with Crippen LogP contribution in [0.5, 0.6) is 0 Å². The van der Waals surface area contributed by atoms with Gasteiger partial charge in [-0.2, -0.15) is 5.10 Å². The summed E-state index contributed by atoms with van der Waals surface area (Å²) in [5.41, 5.74) is 8.34. The minimum atomic E-state index is 0.294. The molecule has 1 aliphatic rings. The number of nitrogens with zero attached hydrogens (tertiary/aromatic N) is 2. The lowest BCUT2D eigenvalue weighted by Crippen LogP contribution is -2.39. The molecule has 1 heterocycles. The number of aryl methyl sites for hydroxylation is 2. The van der Waals surface area contributed by atoms with Crippen LogP contribution in [0.25, 0.3) is 0 Å². The lowest BCUT2D eigenvalue weighted by Gasteiger charge is -2.41. The predicted molar refractivity (Wildman–Crippen MR) is 66.6 cm³/mol. The van der Waals surface area contributed by atoms with E-state index in [1.54, 1.807) is 0 Å². The average Bonchev–Trinajstić information content (AvgIpc) is 2.49. The van der Waals surface area contributed by atoms with Gasteiger partial charge in [0.15, 0.2) is 0 Å². The smallest absolute Gasteiger partial charge is 0.0849 e. The highest BCUT2D eigenvalue weighted by Crippen LogP contribution is 2.43. The molecule has 0 saturated heterocycles. The number of nitrogens with two attached hydrogens (primary N) is 1. The van der Waals surface area contributed by atoms with E-state index in [9.17, 15) is 0 Å². The molecule has 1 aromatic heterocycles. The molecule has 0 amide bonds. The minimum absolute atomic E-state index is 0.294. The molecule has 0 aromatic carbocycles. The molecule has 4 heteroatoms. The first-order valence-corrected chi connectivity index (χ1v) is 6.40. The quantitative estimate of drug-likeness (QED) is 0.879. The molecule has 2 N–H and O–H groups in total. The Hall–Kier alpha value is -0.540. The first-order chi connectivity index (χ1) is 7.62. The fraction of sp³-hybridized carbons (Fsp3) is 0.750. The molecule has 1 aliphatic carbocycles. The summed E-state index contributed by atoms with van der Waals surface area (Å²) in [7, 11) is 1.98. The number of rotatable bonds is 4. The van der Waals surface area contributed by atoms with E-state index in [1.807, 2.05) is 11.7 Å². The highest BCUT2D eigenvalue weighted by Gasteiger charge is 2.37. The molecule has 1 saturated carbocycles. The van der Waals surface area contributed by atoms with Gasteiger partial charge in [0.1, 0.15) is 0 Å². The molecule has 2 rings (SSSR count). The summed E-state index contributed by atoms with van der Waals surface area (Å²) in [4.78, 5) is 0. The van der Waals surface area contributed by atoms with Crippen molar-refractivity contribution in [2.75, 3.05) is 6.54 Å². The lowest BCUT2D eigenvalue weighted by molar-refractivity contribution is 0.141. The van der Waals surface area contributed by atoms with Gasteiger partial charge < -0.3 is 5.73 Å². The minimum Gasteiger partial charge on any atom is -0.330 e. The van der Waals surface area contributed by atoms with E-state index in [0.29, 0.717) is 5.41 Å². The molecule has 16 heavy (non-hydrogen) atoms. The van der Waals surface area contributed by atoms with E-state index in [4.69, 9.17) is 17.3 Å². The Balaban J connectivity index is 2.23. The summed E-state index contributed by atoms with van der Waals surface area (Å²) in [6.07, 6.45) is 5.63. The van der Waals surface area contributed by atoms with Crippen LogP contribution in [0.2, 0.25) is 5.02 Å². The summed E-state index contributed by atoms with van der Waals surface area (Å²) in [6.45, 7) is 2.84. The van der Waals surface area contributed by atoms with Crippen molar-refractivity contribution in [2.24, 2.45) is 18.2 Å². The molecule has 0 radical (unpaired) electrons. The third-order valence-corrected chi connectivity index (χ3v) is 4.33. The zero-order valence-electron chi connectivity index (χ0n) is 10.1. The van der Waals surface area contributed by atoms with E-state index in [1.165, 1.54) is 19.3 Å². The Bertz CT molecular complexity index is 374. The topological polar surface area (TPSA) is 43.8 Å². The van der Waals surface area contributed by atoms with Crippen molar-refractivity contribution >= 4 is 11.6 Å². The number of aromatic nitrogens is 2. The fourth-order valence-electron chi connectivity index (χ4n) is 2.50. The maximum atomic E-state index is 6.35. The first-order valence-electron chi connectivity index (χ1n) is 6.02. The van der Waals surface area contributed by atoms with Gasteiger partial charge in [0, 0.05) is 7.05 Å². The van der Waals surface area contributed by atoms with E-state index >= 15 is 0 Å². The monoisotopic (exact) mass is 241 g/mol. The van der Waals surface area contributed by atoms with Gasteiger partial charge >= 0.3 is 0 Å². The van der Waals surface area contributed by atoms with Crippen molar-refractivity contribution in [1.82, 2.24) is 9.78 Å². The molecule has 1 aromatic rings. The first kappa shape index (κ1) is 11.9. The van der Waals surface area contributed by atoms with Crippen LogP contribution in [-0.2, 0) is 19.9 Å². The second kappa shape index (κ2) is 4.38. The van der Waals surface area contributed by atoms with Crippen molar-refractivity contribution in [3.8, 4) is 0 Å². The van der Waals surface area contributed by atoms with Crippen LogP contribution in [0.1, 0.15) is 37.6 Å². The molecule has 0 bridgehead atoms. The third kappa shape index (κ3) is 1.87. The van der Waals surface area contributed by atoms with Crippen molar-refractivity contribution in [1.29, 1.82) is 0 Å². The van der Waals surface area contributed by atoms with Crippen molar-refractivity contribution in [3.63, 3.8) is 0 Å². The van der Waals surface area contributed by atoms with Crippen LogP contribution in [-0.4, -0.2) is 16.3 Å². The van der Waals surface area contributed by atoms with E-state index < -0.39 is 0 Å². The van der Waals surface area contributed by atoms with Gasteiger partial charge in [0.05, 0.1) is 16.4 Å². The lowest BCUT2D eigenvalue weighted by atomic mass is 9.66. The number of hydrogen-bond acceptors (Lipinski definition) is 2. The Morgan fingerprint density at radius 3 is 2.56 bits per heavy atom. The highest BCUT2D eigenvalue weighted by molar-refractivity contribution is 6.31. The van der Waals surface area contributed by atoms with Crippen molar-refractivity contribution in [3.05, 3.63) is 16.4 Å². The average molecular weight is 242 g/mol. The Labute approximate surface area is 102 Å². The molecule has 3 nitrogen and oxygen atoms in total. The molecule has 90 valence electrons. The van der Waals surface area contributed by atoms with Gasteiger partial charge in [0.25, 0.3) is 0 Å². The second-order valence-corrected chi connectivity index (χ2v) is 5.30. The normalized spacial score (nSPS) is 18.5. The summed E-state index contributed by atoms with van der Waals surface area (Å²) in [5.74, 6) is 0. The van der Waals surface area contributed by atoms with Gasteiger partial charge in [-0.3, -0.25) is 4.68 Å². The highest BCUT2D eigenvalue weighted by atomic mass is 35.5. The van der Waals surface area contributed by atoms with Crippen LogP contribution in [0, 0.1) is 5.41 Å². The van der Waals surface area contributed by atoms with Crippen LogP contribution >= 0.6 is 11.6 Å². The fourth-order valence-corrected chi connectivity index (χ4v) is 2.86. The van der Waals surface area contributed by atoms with Crippen LogP contribution < -0.4 is 5.73 Å². The van der Waals surface area contributed by atoms with Gasteiger partial charge in [-0.05, 0) is 37.6 Å². The SMILES string of the molecule is CCc1nn(C)c(CC2(CN)CCC2)c1Cl.